The Labute approximate surface area is 97.8 Å². The molecule has 0 aliphatic heterocycles. The Hall–Kier alpha value is -0.770. The molecule has 15 heavy (non-hydrogen) atoms. The molecular weight excluding hydrogens is 233 g/mol. The molecule has 5 heteroatoms. The fraction of sp³-hybridized carbons (Fsp3) is 0.300. The number of halogens is 2. The van der Waals surface area contributed by atoms with Crippen LogP contribution in [0.2, 0.25) is 10.0 Å². The Morgan fingerprint density at radius 2 is 2.00 bits per heavy atom. The summed E-state index contributed by atoms with van der Waals surface area (Å²) in [7, 11) is 0. The first-order valence-corrected chi connectivity index (χ1v) is 5.41. The predicted octanol–water partition coefficient (Wildman–Crippen LogP) is 2.61. The van der Waals surface area contributed by atoms with Crippen LogP contribution in [0.4, 0.5) is 0 Å². The number of hydrogen-bond donors (Lipinski definition) is 1. The van der Waals surface area contributed by atoms with Gasteiger partial charge in [-0.1, -0.05) is 23.2 Å². The fourth-order valence-electron chi connectivity index (χ4n) is 1.65. The summed E-state index contributed by atoms with van der Waals surface area (Å²) in [6.45, 7) is 3.25. The molecule has 0 bridgehead atoms. The van der Waals surface area contributed by atoms with E-state index in [0.29, 0.717) is 16.6 Å². The second-order valence-electron chi connectivity index (χ2n) is 3.35. The van der Waals surface area contributed by atoms with Crippen LogP contribution < -0.4 is 5.73 Å². The van der Waals surface area contributed by atoms with Gasteiger partial charge in [-0.3, -0.25) is 0 Å². The van der Waals surface area contributed by atoms with Crippen molar-refractivity contribution in [1.82, 2.24) is 9.55 Å². The molecule has 0 spiro atoms. The normalized spacial score (nSPS) is 11.2. The average molecular weight is 244 g/mol. The van der Waals surface area contributed by atoms with E-state index in [9.17, 15) is 0 Å². The number of nitrogens with two attached hydrogens (primary N) is 1. The topological polar surface area (TPSA) is 43.8 Å². The monoisotopic (exact) mass is 243 g/mol. The molecule has 0 saturated heterocycles. The summed E-state index contributed by atoms with van der Waals surface area (Å²) in [5.41, 5.74) is 7.38. The molecule has 0 aliphatic carbocycles. The lowest BCUT2D eigenvalue weighted by Gasteiger charge is -2.04. The molecule has 2 N–H and O–H groups in total. The Morgan fingerprint density at radius 3 is 2.67 bits per heavy atom. The molecule has 2 rings (SSSR count). The van der Waals surface area contributed by atoms with Crippen LogP contribution in [-0.2, 0) is 6.54 Å². The fourth-order valence-corrected chi connectivity index (χ4v) is 1.97. The molecule has 80 valence electrons. The maximum Gasteiger partial charge on any atom is 0.106 e. The zero-order valence-corrected chi connectivity index (χ0v) is 9.81. The maximum absolute atomic E-state index is 5.96. The summed E-state index contributed by atoms with van der Waals surface area (Å²) in [4.78, 5) is 4.40. The number of benzene rings is 1. The molecule has 3 nitrogen and oxygen atoms in total. The highest BCUT2D eigenvalue weighted by molar-refractivity contribution is 6.42. The van der Waals surface area contributed by atoms with Gasteiger partial charge in [-0.2, -0.15) is 0 Å². The summed E-state index contributed by atoms with van der Waals surface area (Å²) in [5, 5.41) is 1.07. The molecule has 2 aromatic rings. The van der Waals surface area contributed by atoms with E-state index in [0.717, 1.165) is 23.4 Å². The van der Waals surface area contributed by atoms with E-state index in [2.05, 4.69) is 4.98 Å². The average Bonchev–Trinajstić information content (AvgIpc) is 2.46. The third-order valence-corrected chi connectivity index (χ3v) is 3.06. The zero-order chi connectivity index (χ0) is 11.0. The molecule has 1 heterocycles. The van der Waals surface area contributed by atoms with Gasteiger partial charge in [0.1, 0.15) is 5.82 Å². The van der Waals surface area contributed by atoms with Crippen LogP contribution >= 0.6 is 23.2 Å². The first-order chi connectivity index (χ1) is 7.13. The summed E-state index contributed by atoms with van der Waals surface area (Å²) in [6.07, 6.45) is 0. The lowest BCUT2D eigenvalue weighted by molar-refractivity contribution is 0.704. The molecule has 0 radical (unpaired) electrons. The number of aryl methyl sites for hydroxylation is 1. The van der Waals surface area contributed by atoms with Crippen LogP contribution in [-0.4, -0.2) is 16.1 Å². The van der Waals surface area contributed by atoms with Crippen molar-refractivity contribution in [2.75, 3.05) is 6.54 Å². The van der Waals surface area contributed by atoms with Gasteiger partial charge in [-0.15, -0.1) is 0 Å². The van der Waals surface area contributed by atoms with Gasteiger partial charge in [-0.05, 0) is 19.1 Å². The number of nitrogens with zero attached hydrogens (tertiary/aromatic N) is 2. The van der Waals surface area contributed by atoms with E-state index in [1.807, 2.05) is 17.6 Å². The van der Waals surface area contributed by atoms with E-state index in [1.54, 1.807) is 6.07 Å². The number of aromatic nitrogens is 2. The van der Waals surface area contributed by atoms with E-state index < -0.39 is 0 Å². The molecule has 0 unspecified atom stereocenters. The molecule has 0 atom stereocenters. The third-order valence-electron chi connectivity index (χ3n) is 2.33. The van der Waals surface area contributed by atoms with Gasteiger partial charge in [0, 0.05) is 13.1 Å². The maximum atomic E-state index is 5.96. The van der Waals surface area contributed by atoms with Gasteiger partial charge in [0.25, 0.3) is 0 Å². The summed E-state index contributed by atoms with van der Waals surface area (Å²) in [5.74, 6) is 0.925. The number of imidazole rings is 1. The Balaban J connectivity index is 2.70. The lowest BCUT2D eigenvalue weighted by Crippen LogP contribution is -2.10. The van der Waals surface area contributed by atoms with Crippen molar-refractivity contribution in [2.45, 2.75) is 13.5 Å². The number of rotatable bonds is 2. The highest BCUT2D eigenvalue weighted by Gasteiger charge is 2.09. The van der Waals surface area contributed by atoms with Crippen LogP contribution in [0.5, 0.6) is 0 Å². The quantitative estimate of drug-likeness (QED) is 0.882. The Kier molecular flexibility index (Phi) is 2.87. The number of fused-ring (bicyclic) bond motifs is 1. The van der Waals surface area contributed by atoms with Crippen molar-refractivity contribution >= 4 is 34.2 Å². The highest BCUT2D eigenvalue weighted by Crippen LogP contribution is 2.28. The van der Waals surface area contributed by atoms with Crippen molar-refractivity contribution in [3.63, 3.8) is 0 Å². The predicted molar refractivity (Wildman–Crippen MR) is 63.5 cm³/mol. The van der Waals surface area contributed by atoms with Crippen LogP contribution in [0.1, 0.15) is 5.82 Å². The largest absolute Gasteiger partial charge is 0.329 e. The molecule has 1 aromatic carbocycles. The van der Waals surface area contributed by atoms with Crippen molar-refractivity contribution in [3.05, 3.63) is 28.0 Å². The molecule has 0 saturated carbocycles. The molecule has 1 aromatic heterocycles. The minimum atomic E-state index is 0.529. The van der Waals surface area contributed by atoms with E-state index in [4.69, 9.17) is 28.9 Å². The summed E-state index contributed by atoms with van der Waals surface area (Å²) < 4.78 is 2.04. The minimum absolute atomic E-state index is 0.529. The van der Waals surface area contributed by atoms with E-state index in [1.165, 1.54) is 0 Å². The van der Waals surface area contributed by atoms with Crippen molar-refractivity contribution in [1.29, 1.82) is 0 Å². The smallest absolute Gasteiger partial charge is 0.106 e. The molecule has 0 amide bonds. The molecule has 0 fully saturated rings. The van der Waals surface area contributed by atoms with Gasteiger partial charge in [0.05, 0.1) is 21.1 Å². The molecular formula is C10H11Cl2N3. The van der Waals surface area contributed by atoms with E-state index >= 15 is 0 Å². The number of hydrogen-bond acceptors (Lipinski definition) is 2. The first-order valence-electron chi connectivity index (χ1n) is 4.65. The van der Waals surface area contributed by atoms with Crippen LogP contribution in [0, 0.1) is 6.92 Å². The van der Waals surface area contributed by atoms with Crippen LogP contribution in [0.3, 0.4) is 0 Å². The second-order valence-corrected chi connectivity index (χ2v) is 4.17. The SMILES string of the molecule is Cc1nc2cc(Cl)c(Cl)cc2n1CCN. The van der Waals surface area contributed by atoms with Crippen molar-refractivity contribution < 1.29 is 0 Å². The third kappa shape index (κ3) is 1.83. The summed E-state index contributed by atoms with van der Waals surface area (Å²) in [6, 6.07) is 3.61. The Bertz CT molecular complexity index is 505. The minimum Gasteiger partial charge on any atom is -0.329 e. The van der Waals surface area contributed by atoms with E-state index in [-0.39, 0.29) is 0 Å². The lowest BCUT2D eigenvalue weighted by atomic mass is 10.3. The van der Waals surface area contributed by atoms with Crippen LogP contribution in [0.15, 0.2) is 12.1 Å². The standard InChI is InChI=1S/C10H11Cl2N3/c1-6-14-9-4-7(11)8(12)5-10(9)15(6)3-2-13/h4-5H,2-3,13H2,1H3. The Morgan fingerprint density at radius 1 is 1.33 bits per heavy atom. The highest BCUT2D eigenvalue weighted by atomic mass is 35.5. The zero-order valence-electron chi connectivity index (χ0n) is 8.30. The van der Waals surface area contributed by atoms with Gasteiger partial charge < -0.3 is 10.3 Å². The van der Waals surface area contributed by atoms with Crippen molar-refractivity contribution in [3.8, 4) is 0 Å². The second kappa shape index (κ2) is 4.00. The van der Waals surface area contributed by atoms with Gasteiger partial charge in [-0.25, -0.2) is 4.98 Å². The van der Waals surface area contributed by atoms with Gasteiger partial charge >= 0.3 is 0 Å². The van der Waals surface area contributed by atoms with Gasteiger partial charge in [0.2, 0.25) is 0 Å². The van der Waals surface area contributed by atoms with Crippen LogP contribution in [0.25, 0.3) is 11.0 Å². The first kappa shape index (κ1) is 10.7. The van der Waals surface area contributed by atoms with Gasteiger partial charge in [0.15, 0.2) is 0 Å². The molecule has 0 aliphatic rings. The summed E-state index contributed by atoms with van der Waals surface area (Å²) >= 11 is 11.9. The van der Waals surface area contributed by atoms with Crippen molar-refractivity contribution in [2.24, 2.45) is 5.73 Å².